The maximum Gasteiger partial charge on any atom is 0.131 e. The second kappa shape index (κ2) is 9.80. The Kier molecular flexibility index (Phi) is 7.15. The number of halogens is 1. The van der Waals surface area contributed by atoms with E-state index < -0.39 is 0 Å². The van der Waals surface area contributed by atoms with Crippen molar-refractivity contribution >= 4 is 11.4 Å². The Morgan fingerprint density at radius 1 is 0.667 bits per heavy atom. The molecular weight excluding hydrogens is 371 g/mol. The highest BCUT2D eigenvalue weighted by Gasteiger charge is 2.11. The van der Waals surface area contributed by atoms with Gasteiger partial charge in [0.15, 0.2) is 0 Å². The van der Waals surface area contributed by atoms with Crippen LogP contribution in [0.4, 0.5) is 15.8 Å². The zero-order valence-corrected chi connectivity index (χ0v) is 18.7. The van der Waals surface area contributed by atoms with Crippen LogP contribution in [0.1, 0.15) is 33.3 Å². The molecule has 2 nitrogen and oxygen atoms in total. The molecule has 0 fully saturated rings. The summed E-state index contributed by atoms with van der Waals surface area (Å²) in [5, 5.41) is 6.82. The van der Waals surface area contributed by atoms with Gasteiger partial charge in [0.25, 0.3) is 0 Å². The molecule has 3 aromatic rings. The standard InChI is InChI=1S/C27H33FN2/c1-18(2)16-29-23-10-6-21(7-11-23)25-15-27(28)26(14-20(25)5)22-8-12-24(13-9-22)30-17-19(3)4/h6-15,18-19,29-30H,16-17H2,1-5H3. The molecule has 2 N–H and O–H groups in total. The third-order valence-electron chi connectivity index (χ3n) is 5.13. The molecule has 3 rings (SSSR count). The maximum atomic E-state index is 15.0. The lowest BCUT2D eigenvalue weighted by molar-refractivity contribution is 0.631. The van der Waals surface area contributed by atoms with Crippen LogP contribution in [-0.2, 0) is 0 Å². The molecule has 0 atom stereocenters. The molecule has 0 heterocycles. The zero-order chi connectivity index (χ0) is 21.7. The third kappa shape index (κ3) is 5.63. The minimum absolute atomic E-state index is 0.194. The van der Waals surface area contributed by atoms with Gasteiger partial charge in [0.1, 0.15) is 5.82 Å². The predicted octanol–water partition coefficient (Wildman–Crippen LogP) is 7.60. The van der Waals surface area contributed by atoms with Gasteiger partial charge < -0.3 is 10.6 Å². The maximum absolute atomic E-state index is 15.0. The summed E-state index contributed by atoms with van der Waals surface area (Å²) in [6.07, 6.45) is 0. The van der Waals surface area contributed by atoms with Crippen molar-refractivity contribution < 1.29 is 4.39 Å². The fourth-order valence-corrected chi connectivity index (χ4v) is 3.39. The second-order valence-electron chi connectivity index (χ2n) is 8.85. The Hall–Kier alpha value is -2.81. The first-order valence-corrected chi connectivity index (χ1v) is 10.8. The van der Waals surface area contributed by atoms with E-state index in [1.807, 2.05) is 37.3 Å². The summed E-state index contributed by atoms with van der Waals surface area (Å²) in [5.41, 5.74) is 6.72. The Balaban J connectivity index is 1.80. The lowest BCUT2D eigenvalue weighted by atomic mass is 9.95. The van der Waals surface area contributed by atoms with E-state index >= 15 is 4.39 Å². The van der Waals surface area contributed by atoms with Gasteiger partial charge >= 0.3 is 0 Å². The summed E-state index contributed by atoms with van der Waals surface area (Å²) in [6, 6.07) is 19.8. The lowest BCUT2D eigenvalue weighted by Gasteiger charge is -2.13. The first-order valence-electron chi connectivity index (χ1n) is 10.8. The van der Waals surface area contributed by atoms with Crippen LogP contribution in [0.15, 0.2) is 60.7 Å². The predicted molar refractivity (Wildman–Crippen MR) is 129 cm³/mol. The van der Waals surface area contributed by atoms with Gasteiger partial charge in [-0.15, -0.1) is 0 Å². The number of anilines is 2. The van der Waals surface area contributed by atoms with E-state index in [0.717, 1.165) is 46.7 Å². The quantitative estimate of drug-likeness (QED) is 0.404. The average Bonchev–Trinajstić information content (AvgIpc) is 2.73. The fraction of sp³-hybridized carbons (Fsp3) is 0.333. The topological polar surface area (TPSA) is 24.1 Å². The molecular formula is C27H33FN2. The first-order chi connectivity index (χ1) is 14.3. The Labute approximate surface area is 180 Å². The Morgan fingerprint density at radius 3 is 1.53 bits per heavy atom. The summed E-state index contributed by atoms with van der Waals surface area (Å²) in [6.45, 7) is 12.6. The van der Waals surface area contributed by atoms with Crippen molar-refractivity contribution in [2.45, 2.75) is 34.6 Å². The first kappa shape index (κ1) is 21.9. The van der Waals surface area contributed by atoms with Crippen molar-refractivity contribution in [3.8, 4) is 22.3 Å². The lowest BCUT2D eigenvalue weighted by Crippen LogP contribution is -2.07. The monoisotopic (exact) mass is 404 g/mol. The van der Waals surface area contributed by atoms with E-state index in [4.69, 9.17) is 0 Å². The van der Waals surface area contributed by atoms with Gasteiger partial charge in [-0.1, -0.05) is 52.0 Å². The molecule has 0 radical (unpaired) electrons. The van der Waals surface area contributed by atoms with Crippen molar-refractivity contribution in [3.63, 3.8) is 0 Å². The van der Waals surface area contributed by atoms with Crippen molar-refractivity contribution in [3.05, 3.63) is 72.0 Å². The van der Waals surface area contributed by atoms with Gasteiger partial charge in [0.2, 0.25) is 0 Å². The minimum Gasteiger partial charge on any atom is -0.385 e. The highest BCUT2D eigenvalue weighted by molar-refractivity contribution is 5.75. The number of benzene rings is 3. The third-order valence-corrected chi connectivity index (χ3v) is 5.13. The molecule has 3 heteroatoms. The van der Waals surface area contributed by atoms with Crippen molar-refractivity contribution in [1.82, 2.24) is 0 Å². The van der Waals surface area contributed by atoms with Gasteiger partial charge in [0.05, 0.1) is 0 Å². The van der Waals surface area contributed by atoms with Gasteiger partial charge in [0, 0.05) is 30.0 Å². The molecule has 0 aliphatic heterocycles. The highest BCUT2D eigenvalue weighted by Crippen LogP contribution is 2.32. The molecule has 3 aromatic carbocycles. The number of hydrogen-bond donors (Lipinski definition) is 2. The molecule has 0 aromatic heterocycles. The average molecular weight is 405 g/mol. The van der Waals surface area contributed by atoms with Crippen LogP contribution in [0.3, 0.4) is 0 Å². The molecule has 0 amide bonds. The summed E-state index contributed by atoms with van der Waals surface area (Å²) in [5.74, 6) is 0.978. The van der Waals surface area contributed by atoms with Gasteiger partial charge in [-0.05, 0) is 77.4 Å². The highest BCUT2D eigenvalue weighted by atomic mass is 19.1. The summed E-state index contributed by atoms with van der Waals surface area (Å²) >= 11 is 0. The van der Waals surface area contributed by atoms with E-state index in [0.29, 0.717) is 17.4 Å². The van der Waals surface area contributed by atoms with Crippen molar-refractivity contribution in [1.29, 1.82) is 0 Å². The number of nitrogens with one attached hydrogen (secondary N) is 2. The van der Waals surface area contributed by atoms with E-state index in [9.17, 15) is 0 Å². The van der Waals surface area contributed by atoms with Gasteiger partial charge in [-0.25, -0.2) is 4.39 Å². The molecule has 0 spiro atoms. The van der Waals surface area contributed by atoms with Crippen LogP contribution in [0.25, 0.3) is 22.3 Å². The molecule has 0 saturated carbocycles. The largest absolute Gasteiger partial charge is 0.385 e. The Bertz CT molecular complexity index is 876. The second-order valence-corrected chi connectivity index (χ2v) is 8.85. The molecule has 158 valence electrons. The van der Waals surface area contributed by atoms with Crippen LogP contribution in [0.2, 0.25) is 0 Å². The van der Waals surface area contributed by atoms with Gasteiger partial charge in [-0.2, -0.15) is 0 Å². The smallest absolute Gasteiger partial charge is 0.131 e. The van der Waals surface area contributed by atoms with E-state index in [-0.39, 0.29) is 5.82 Å². The molecule has 0 saturated heterocycles. The summed E-state index contributed by atoms with van der Waals surface area (Å²) < 4.78 is 15.0. The summed E-state index contributed by atoms with van der Waals surface area (Å²) in [7, 11) is 0. The van der Waals surface area contributed by atoms with Crippen molar-refractivity contribution in [2.75, 3.05) is 23.7 Å². The Morgan fingerprint density at radius 2 is 1.10 bits per heavy atom. The van der Waals surface area contributed by atoms with E-state index in [2.05, 4.69) is 62.6 Å². The van der Waals surface area contributed by atoms with E-state index in [1.165, 1.54) is 0 Å². The van der Waals surface area contributed by atoms with Crippen molar-refractivity contribution in [2.24, 2.45) is 11.8 Å². The molecule has 30 heavy (non-hydrogen) atoms. The SMILES string of the molecule is Cc1cc(-c2ccc(NCC(C)C)cc2)c(F)cc1-c1ccc(NCC(C)C)cc1. The molecule has 0 aliphatic carbocycles. The molecule has 0 aliphatic rings. The molecule has 0 unspecified atom stereocenters. The minimum atomic E-state index is -0.194. The van der Waals surface area contributed by atoms with Crippen LogP contribution >= 0.6 is 0 Å². The number of rotatable bonds is 8. The van der Waals surface area contributed by atoms with Crippen LogP contribution in [0.5, 0.6) is 0 Å². The van der Waals surface area contributed by atoms with Crippen LogP contribution in [0, 0.1) is 24.6 Å². The van der Waals surface area contributed by atoms with E-state index in [1.54, 1.807) is 6.07 Å². The van der Waals surface area contributed by atoms with Crippen LogP contribution < -0.4 is 10.6 Å². The molecule has 0 bridgehead atoms. The normalized spacial score (nSPS) is 11.2. The van der Waals surface area contributed by atoms with Crippen LogP contribution in [-0.4, -0.2) is 13.1 Å². The number of hydrogen-bond acceptors (Lipinski definition) is 2. The van der Waals surface area contributed by atoms with Gasteiger partial charge in [-0.3, -0.25) is 0 Å². The zero-order valence-electron chi connectivity index (χ0n) is 18.7. The summed E-state index contributed by atoms with van der Waals surface area (Å²) in [4.78, 5) is 0. The number of aryl methyl sites for hydroxylation is 1. The fourth-order valence-electron chi connectivity index (χ4n) is 3.39.